The third-order valence-corrected chi connectivity index (χ3v) is 3.90. The average molecular weight is 342 g/mol. The van der Waals surface area contributed by atoms with Gasteiger partial charge in [0.25, 0.3) is 5.89 Å². The van der Waals surface area contributed by atoms with E-state index in [9.17, 15) is 0 Å². The zero-order chi connectivity index (χ0) is 17.9. The molecule has 0 saturated heterocycles. The zero-order valence-electron chi connectivity index (χ0n) is 14.0. The minimum absolute atomic E-state index is 0.154. The van der Waals surface area contributed by atoms with Gasteiger partial charge in [-0.1, -0.05) is 23.4 Å². The molecule has 4 aromatic rings. The molecule has 0 aliphatic heterocycles. The number of para-hydroxylation sites is 1. The second kappa shape index (κ2) is 6.65. The predicted octanol–water partition coefficient (Wildman–Crippen LogP) is 4.04. The molecule has 6 heteroatoms. The standard InChI is InChI=1S/C20H14N4O2/c1-13-10-17(16-4-2-3-5-18(16)22-13)20-23-19(26-24-20)12-25-15-8-6-14(11-21)7-9-15/h2-10H,12H2,1H3. The summed E-state index contributed by atoms with van der Waals surface area (Å²) in [5, 5.41) is 13.9. The number of benzene rings is 2. The van der Waals surface area contributed by atoms with Crippen molar-refractivity contribution in [3.8, 4) is 23.2 Å². The first-order valence-electron chi connectivity index (χ1n) is 8.05. The maximum absolute atomic E-state index is 8.81. The van der Waals surface area contributed by atoms with Crippen LogP contribution in [0.1, 0.15) is 17.1 Å². The number of pyridine rings is 1. The van der Waals surface area contributed by atoms with Crippen LogP contribution in [0.25, 0.3) is 22.3 Å². The molecule has 4 rings (SSSR count). The van der Waals surface area contributed by atoms with Crippen LogP contribution in [0.5, 0.6) is 5.75 Å². The number of nitrogens with zero attached hydrogens (tertiary/aromatic N) is 4. The van der Waals surface area contributed by atoms with Gasteiger partial charge in [-0.25, -0.2) is 0 Å². The number of nitriles is 1. The Morgan fingerprint density at radius 2 is 1.88 bits per heavy atom. The van der Waals surface area contributed by atoms with Crippen molar-refractivity contribution in [1.29, 1.82) is 5.26 Å². The molecule has 2 heterocycles. The van der Waals surface area contributed by atoms with Gasteiger partial charge in [0.15, 0.2) is 6.61 Å². The molecule has 0 atom stereocenters. The fourth-order valence-corrected chi connectivity index (χ4v) is 2.69. The molecule has 0 bridgehead atoms. The molecule has 6 nitrogen and oxygen atoms in total. The van der Waals surface area contributed by atoms with Crippen LogP contribution in [-0.2, 0) is 6.61 Å². The molecule has 0 amide bonds. The summed E-state index contributed by atoms with van der Waals surface area (Å²) in [6.07, 6.45) is 0. The SMILES string of the molecule is Cc1cc(-c2noc(COc3ccc(C#N)cc3)n2)c2ccccc2n1. The molecule has 0 aliphatic carbocycles. The summed E-state index contributed by atoms with van der Waals surface area (Å²) in [5.74, 6) is 1.52. The summed E-state index contributed by atoms with van der Waals surface area (Å²) < 4.78 is 10.9. The van der Waals surface area contributed by atoms with Crippen LogP contribution in [0.2, 0.25) is 0 Å². The van der Waals surface area contributed by atoms with E-state index in [1.54, 1.807) is 24.3 Å². The lowest BCUT2D eigenvalue weighted by molar-refractivity contribution is 0.243. The lowest BCUT2D eigenvalue weighted by Crippen LogP contribution is -1.96. The molecule has 2 aromatic carbocycles. The summed E-state index contributed by atoms with van der Waals surface area (Å²) in [6.45, 7) is 2.09. The molecular formula is C20H14N4O2. The van der Waals surface area contributed by atoms with Gasteiger partial charge in [0.2, 0.25) is 5.82 Å². The molecule has 0 spiro atoms. The van der Waals surface area contributed by atoms with Gasteiger partial charge >= 0.3 is 0 Å². The smallest absolute Gasteiger partial charge is 0.264 e. The van der Waals surface area contributed by atoms with E-state index in [1.165, 1.54) is 0 Å². The Kier molecular flexibility index (Phi) is 4.04. The van der Waals surface area contributed by atoms with Crippen molar-refractivity contribution >= 4 is 10.9 Å². The highest BCUT2D eigenvalue weighted by atomic mass is 16.5. The van der Waals surface area contributed by atoms with E-state index >= 15 is 0 Å². The summed E-state index contributed by atoms with van der Waals surface area (Å²) in [6, 6.07) is 18.7. The summed E-state index contributed by atoms with van der Waals surface area (Å²) in [7, 11) is 0. The number of aryl methyl sites for hydroxylation is 1. The van der Waals surface area contributed by atoms with Crippen LogP contribution < -0.4 is 4.74 Å². The predicted molar refractivity (Wildman–Crippen MR) is 95.3 cm³/mol. The number of hydrogen-bond donors (Lipinski definition) is 0. The van der Waals surface area contributed by atoms with Crippen molar-refractivity contribution in [3.63, 3.8) is 0 Å². The monoisotopic (exact) mass is 342 g/mol. The van der Waals surface area contributed by atoms with Gasteiger partial charge in [-0.15, -0.1) is 0 Å². The topological polar surface area (TPSA) is 84.8 Å². The number of rotatable bonds is 4. The maximum atomic E-state index is 8.81. The third kappa shape index (κ3) is 3.10. The van der Waals surface area contributed by atoms with E-state index < -0.39 is 0 Å². The van der Waals surface area contributed by atoms with Crippen molar-refractivity contribution < 1.29 is 9.26 Å². The summed E-state index contributed by atoms with van der Waals surface area (Å²) in [5.41, 5.74) is 3.24. The van der Waals surface area contributed by atoms with Gasteiger partial charge in [0, 0.05) is 16.6 Å². The van der Waals surface area contributed by atoms with Crippen molar-refractivity contribution in [2.75, 3.05) is 0 Å². The van der Waals surface area contributed by atoms with E-state index in [-0.39, 0.29) is 6.61 Å². The fraction of sp³-hybridized carbons (Fsp3) is 0.100. The molecule has 2 aromatic heterocycles. The van der Waals surface area contributed by atoms with Crippen LogP contribution in [0.3, 0.4) is 0 Å². The average Bonchev–Trinajstić information content (AvgIpc) is 3.15. The second-order valence-electron chi connectivity index (χ2n) is 5.76. The van der Waals surface area contributed by atoms with Crippen molar-refractivity contribution in [2.45, 2.75) is 13.5 Å². The quantitative estimate of drug-likeness (QED) is 0.556. The van der Waals surface area contributed by atoms with E-state index in [0.29, 0.717) is 23.0 Å². The van der Waals surface area contributed by atoms with E-state index in [2.05, 4.69) is 21.2 Å². The normalized spacial score (nSPS) is 10.6. The Bertz CT molecular complexity index is 1110. The molecule has 0 unspecified atom stereocenters. The van der Waals surface area contributed by atoms with Crippen molar-refractivity contribution in [1.82, 2.24) is 15.1 Å². The van der Waals surface area contributed by atoms with Gasteiger partial charge in [0.05, 0.1) is 17.1 Å². The minimum Gasteiger partial charge on any atom is -0.484 e. The van der Waals surface area contributed by atoms with Crippen LogP contribution in [0.4, 0.5) is 0 Å². The van der Waals surface area contributed by atoms with Gasteiger partial charge < -0.3 is 9.26 Å². The van der Waals surface area contributed by atoms with Gasteiger partial charge in [-0.3, -0.25) is 4.98 Å². The van der Waals surface area contributed by atoms with Crippen LogP contribution in [-0.4, -0.2) is 15.1 Å². The number of ether oxygens (including phenoxy) is 1. The first kappa shape index (κ1) is 15.8. The Balaban J connectivity index is 1.57. The summed E-state index contributed by atoms with van der Waals surface area (Å²) >= 11 is 0. The molecule has 0 radical (unpaired) electrons. The van der Waals surface area contributed by atoms with E-state index in [0.717, 1.165) is 22.2 Å². The minimum atomic E-state index is 0.154. The highest BCUT2D eigenvalue weighted by Crippen LogP contribution is 2.26. The number of aromatic nitrogens is 3. The zero-order valence-corrected chi connectivity index (χ0v) is 14.0. The van der Waals surface area contributed by atoms with Crippen molar-refractivity contribution in [3.05, 3.63) is 71.7 Å². The highest BCUT2D eigenvalue weighted by Gasteiger charge is 2.13. The van der Waals surface area contributed by atoms with Crippen LogP contribution >= 0.6 is 0 Å². The number of hydrogen-bond acceptors (Lipinski definition) is 6. The van der Waals surface area contributed by atoms with Gasteiger partial charge in [-0.05, 0) is 43.3 Å². The molecule has 26 heavy (non-hydrogen) atoms. The Morgan fingerprint density at radius 3 is 2.69 bits per heavy atom. The van der Waals surface area contributed by atoms with Crippen LogP contribution in [0, 0.1) is 18.3 Å². The first-order chi connectivity index (χ1) is 12.7. The third-order valence-electron chi connectivity index (χ3n) is 3.90. The molecular weight excluding hydrogens is 328 g/mol. The maximum Gasteiger partial charge on any atom is 0.264 e. The Morgan fingerprint density at radius 1 is 1.08 bits per heavy atom. The first-order valence-corrected chi connectivity index (χ1v) is 8.05. The fourth-order valence-electron chi connectivity index (χ4n) is 2.69. The van der Waals surface area contributed by atoms with Crippen molar-refractivity contribution in [2.24, 2.45) is 0 Å². The lowest BCUT2D eigenvalue weighted by Gasteiger charge is -2.04. The lowest BCUT2D eigenvalue weighted by atomic mass is 10.1. The number of fused-ring (bicyclic) bond motifs is 1. The molecule has 0 N–H and O–H groups in total. The Hall–Kier alpha value is -3.72. The largest absolute Gasteiger partial charge is 0.484 e. The van der Waals surface area contributed by atoms with Gasteiger partial charge in [0.1, 0.15) is 5.75 Å². The molecule has 126 valence electrons. The van der Waals surface area contributed by atoms with Gasteiger partial charge in [-0.2, -0.15) is 10.2 Å². The molecule has 0 fully saturated rings. The highest BCUT2D eigenvalue weighted by molar-refractivity contribution is 5.92. The van der Waals surface area contributed by atoms with E-state index in [4.69, 9.17) is 14.5 Å². The second-order valence-corrected chi connectivity index (χ2v) is 5.76. The molecule has 0 aliphatic rings. The van der Waals surface area contributed by atoms with Crippen LogP contribution in [0.15, 0.2) is 59.1 Å². The van der Waals surface area contributed by atoms with E-state index in [1.807, 2.05) is 37.3 Å². The molecule has 0 saturated carbocycles. The Labute approximate surface area is 149 Å². The summed E-state index contributed by atoms with van der Waals surface area (Å²) in [4.78, 5) is 8.96.